The number of amides is 2. The molecule has 0 radical (unpaired) electrons. The van der Waals surface area contributed by atoms with Crippen molar-refractivity contribution in [2.45, 2.75) is 33.2 Å². The highest BCUT2D eigenvalue weighted by Gasteiger charge is 2.22. The first-order valence-electron chi connectivity index (χ1n) is 12.2. The number of carbonyl (C=O) groups is 2. The Hall–Kier alpha value is -4.27. The van der Waals surface area contributed by atoms with Crippen LogP contribution in [0.5, 0.6) is 0 Å². The molecule has 1 fully saturated rings. The Balaban J connectivity index is 1.58. The van der Waals surface area contributed by atoms with Crippen LogP contribution in [0.2, 0.25) is 0 Å². The molecular weight excluding hydrogens is 475 g/mol. The van der Waals surface area contributed by atoms with E-state index in [0.717, 1.165) is 37.2 Å². The molecule has 4 rings (SSSR count). The Bertz CT molecular complexity index is 1320. The molecule has 0 bridgehead atoms. The van der Waals surface area contributed by atoms with Gasteiger partial charge in [-0.3, -0.25) is 19.7 Å². The highest BCUT2D eigenvalue weighted by atomic mass is 19.1. The van der Waals surface area contributed by atoms with E-state index in [9.17, 15) is 24.1 Å². The quantitative estimate of drug-likeness (QED) is 0.328. The average molecular weight is 505 g/mol. The van der Waals surface area contributed by atoms with Gasteiger partial charge in [-0.1, -0.05) is 25.1 Å². The van der Waals surface area contributed by atoms with Crippen LogP contribution in [0.15, 0.2) is 60.7 Å². The second-order valence-electron chi connectivity index (χ2n) is 9.42. The predicted molar refractivity (Wildman–Crippen MR) is 140 cm³/mol. The van der Waals surface area contributed by atoms with Crippen LogP contribution in [0.4, 0.5) is 21.5 Å². The summed E-state index contributed by atoms with van der Waals surface area (Å²) >= 11 is 0. The second kappa shape index (κ2) is 11.2. The van der Waals surface area contributed by atoms with Gasteiger partial charge in [-0.05, 0) is 67.6 Å². The number of anilines is 2. The number of rotatable bonds is 7. The SMILES string of the molecule is Cc1ccc(C(=O)Nc2ccc(N3CCC(C)CC3)c(C(=O)NCc3ccc(F)cc3)c2)cc1[N+](=O)[O-]. The van der Waals surface area contributed by atoms with Gasteiger partial charge >= 0.3 is 0 Å². The molecule has 8 nitrogen and oxygen atoms in total. The number of carbonyl (C=O) groups excluding carboxylic acids is 2. The number of nitro benzene ring substituents is 1. The van der Waals surface area contributed by atoms with Gasteiger partial charge in [0.05, 0.1) is 10.5 Å². The zero-order valence-corrected chi connectivity index (χ0v) is 20.8. The Kier molecular flexibility index (Phi) is 7.81. The molecule has 3 aromatic rings. The van der Waals surface area contributed by atoms with E-state index in [1.165, 1.54) is 30.3 Å². The third kappa shape index (κ3) is 6.30. The van der Waals surface area contributed by atoms with Gasteiger partial charge in [0.15, 0.2) is 0 Å². The number of halogens is 1. The van der Waals surface area contributed by atoms with Crippen LogP contribution in [-0.2, 0) is 6.54 Å². The minimum atomic E-state index is -0.524. The molecule has 0 spiro atoms. The van der Waals surface area contributed by atoms with Crippen molar-refractivity contribution in [1.29, 1.82) is 0 Å². The van der Waals surface area contributed by atoms with E-state index >= 15 is 0 Å². The summed E-state index contributed by atoms with van der Waals surface area (Å²) in [6.07, 6.45) is 2.03. The lowest BCUT2D eigenvalue weighted by Crippen LogP contribution is -2.35. The minimum absolute atomic E-state index is 0.136. The smallest absolute Gasteiger partial charge is 0.273 e. The maximum atomic E-state index is 13.3. The maximum absolute atomic E-state index is 13.3. The van der Waals surface area contributed by atoms with E-state index in [4.69, 9.17) is 0 Å². The van der Waals surface area contributed by atoms with E-state index in [1.807, 2.05) is 6.07 Å². The molecule has 0 aromatic heterocycles. The summed E-state index contributed by atoms with van der Waals surface area (Å²) < 4.78 is 13.2. The molecule has 3 aromatic carbocycles. The fourth-order valence-corrected chi connectivity index (χ4v) is 4.35. The molecule has 0 unspecified atom stereocenters. The third-order valence-electron chi connectivity index (χ3n) is 6.66. The molecule has 9 heteroatoms. The molecule has 2 amide bonds. The molecule has 1 aliphatic heterocycles. The van der Waals surface area contributed by atoms with Crippen molar-refractivity contribution in [3.05, 3.63) is 98.8 Å². The number of benzene rings is 3. The third-order valence-corrected chi connectivity index (χ3v) is 6.66. The van der Waals surface area contributed by atoms with Crippen molar-refractivity contribution in [1.82, 2.24) is 5.32 Å². The molecule has 0 aliphatic carbocycles. The van der Waals surface area contributed by atoms with Crippen LogP contribution < -0.4 is 15.5 Å². The summed E-state index contributed by atoms with van der Waals surface area (Å²) in [6.45, 7) is 5.67. The van der Waals surface area contributed by atoms with Crippen LogP contribution >= 0.6 is 0 Å². The van der Waals surface area contributed by atoms with Crippen LogP contribution in [0.3, 0.4) is 0 Å². The van der Waals surface area contributed by atoms with Crippen LogP contribution in [0.1, 0.15) is 51.6 Å². The first kappa shape index (κ1) is 25.8. The molecule has 0 saturated carbocycles. The molecule has 0 atom stereocenters. The normalized spacial score (nSPS) is 13.8. The van der Waals surface area contributed by atoms with E-state index in [-0.39, 0.29) is 29.5 Å². The first-order chi connectivity index (χ1) is 17.7. The number of piperidine rings is 1. The molecule has 2 N–H and O–H groups in total. The summed E-state index contributed by atoms with van der Waals surface area (Å²) in [6, 6.07) is 15.4. The van der Waals surface area contributed by atoms with Gasteiger partial charge in [0.25, 0.3) is 17.5 Å². The van der Waals surface area contributed by atoms with Gasteiger partial charge in [0.2, 0.25) is 0 Å². The van der Waals surface area contributed by atoms with E-state index in [1.54, 1.807) is 31.2 Å². The summed E-state index contributed by atoms with van der Waals surface area (Å²) in [4.78, 5) is 39.1. The van der Waals surface area contributed by atoms with Crippen LogP contribution in [0.25, 0.3) is 0 Å². The summed E-state index contributed by atoms with van der Waals surface area (Å²) in [7, 11) is 0. The van der Waals surface area contributed by atoms with Crippen molar-refractivity contribution in [3.63, 3.8) is 0 Å². The van der Waals surface area contributed by atoms with Gasteiger partial charge in [0.1, 0.15) is 5.82 Å². The largest absolute Gasteiger partial charge is 0.371 e. The molecule has 192 valence electrons. The maximum Gasteiger partial charge on any atom is 0.273 e. The lowest BCUT2D eigenvalue weighted by atomic mass is 9.97. The number of hydrogen-bond donors (Lipinski definition) is 2. The lowest BCUT2D eigenvalue weighted by Gasteiger charge is -2.33. The van der Waals surface area contributed by atoms with Crippen molar-refractivity contribution < 1.29 is 18.9 Å². The topological polar surface area (TPSA) is 105 Å². The fourth-order valence-electron chi connectivity index (χ4n) is 4.35. The Labute approximate surface area is 214 Å². The van der Waals surface area contributed by atoms with Gasteiger partial charge < -0.3 is 15.5 Å². The van der Waals surface area contributed by atoms with Gasteiger partial charge in [-0.15, -0.1) is 0 Å². The molecule has 1 saturated heterocycles. The highest BCUT2D eigenvalue weighted by Crippen LogP contribution is 2.29. The molecule has 37 heavy (non-hydrogen) atoms. The number of nitro groups is 1. The Morgan fingerprint density at radius 2 is 1.73 bits per heavy atom. The Morgan fingerprint density at radius 3 is 2.41 bits per heavy atom. The van der Waals surface area contributed by atoms with E-state index in [2.05, 4.69) is 22.5 Å². The fraction of sp³-hybridized carbons (Fsp3) is 0.286. The first-order valence-corrected chi connectivity index (χ1v) is 12.2. The molecule has 1 aliphatic rings. The van der Waals surface area contributed by atoms with Crippen LogP contribution in [-0.4, -0.2) is 29.8 Å². The van der Waals surface area contributed by atoms with Crippen molar-refractivity contribution in [3.8, 4) is 0 Å². The van der Waals surface area contributed by atoms with Crippen LogP contribution in [0, 0.1) is 28.8 Å². The summed E-state index contributed by atoms with van der Waals surface area (Å²) in [5, 5.41) is 16.9. The number of nitrogens with one attached hydrogen (secondary N) is 2. The van der Waals surface area contributed by atoms with Gasteiger partial charge in [-0.25, -0.2) is 4.39 Å². The molecule has 1 heterocycles. The van der Waals surface area contributed by atoms with Gasteiger partial charge in [-0.2, -0.15) is 0 Å². The number of nitrogens with zero attached hydrogens (tertiary/aromatic N) is 2. The van der Waals surface area contributed by atoms with Gasteiger partial charge in [0, 0.05) is 48.2 Å². The second-order valence-corrected chi connectivity index (χ2v) is 9.42. The Morgan fingerprint density at radius 1 is 1.03 bits per heavy atom. The average Bonchev–Trinajstić information content (AvgIpc) is 2.88. The van der Waals surface area contributed by atoms with Crippen molar-refractivity contribution in [2.24, 2.45) is 5.92 Å². The van der Waals surface area contributed by atoms with Crippen molar-refractivity contribution >= 4 is 28.9 Å². The summed E-state index contributed by atoms with van der Waals surface area (Å²) in [5.41, 5.74) is 2.80. The van der Waals surface area contributed by atoms with E-state index < -0.39 is 10.8 Å². The zero-order chi connectivity index (χ0) is 26.5. The monoisotopic (exact) mass is 504 g/mol. The summed E-state index contributed by atoms with van der Waals surface area (Å²) in [5.74, 6) is -0.566. The van der Waals surface area contributed by atoms with E-state index in [0.29, 0.717) is 22.7 Å². The standard InChI is InChI=1S/C28H29FN4O4/c1-18-11-13-32(14-12-18)25-10-9-23(31-27(34)21-6-3-19(2)26(15-21)33(36)37)16-24(25)28(35)30-17-20-4-7-22(29)8-5-20/h3-10,15-16,18H,11-14,17H2,1-2H3,(H,30,35)(H,31,34). The zero-order valence-electron chi connectivity index (χ0n) is 20.8. The number of hydrogen-bond acceptors (Lipinski definition) is 5. The highest BCUT2D eigenvalue weighted by molar-refractivity contribution is 6.06. The minimum Gasteiger partial charge on any atom is -0.371 e. The lowest BCUT2D eigenvalue weighted by molar-refractivity contribution is -0.385. The number of aryl methyl sites for hydroxylation is 1. The predicted octanol–water partition coefficient (Wildman–Crippen LogP) is 5.46. The van der Waals surface area contributed by atoms with Crippen molar-refractivity contribution in [2.75, 3.05) is 23.3 Å². The molecular formula is C28H29FN4O4.